The van der Waals surface area contributed by atoms with Crippen LogP contribution in [0.2, 0.25) is 0 Å². The molecule has 0 saturated carbocycles. The van der Waals surface area contributed by atoms with Crippen molar-refractivity contribution < 1.29 is 0 Å². The maximum absolute atomic E-state index is 6.18. The third kappa shape index (κ3) is 11.1. The highest BCUT2D eigenvalue weighted by Crippen LogP contribution is 2.47. The Morgan fingerprint density at radius 2 is 0.357 bits per heavy atom. The molecule has 0 bridgehead atoms. The Labute approximate surface area is 724 Å². The van der Waals surface area contributed by atoms with Crippen LogP contribution in [-0.2, 0) is 0 Å². The average Bonchev–Trinajstić information content (AvgIpc) is 1.53. The van der Waals surface area contributed by atoms with Crippen LogP contribution in [0.15, 0.2) is 443 Å². The van der Waals surface area contributed by atoms with Crippen LogP contribution in [-0.4, -0.2) is 42.4 Å². The van der Waals surface area contributed by atoms with Crippen molar-refractivity contribution in [2.24, 2.45) is 0 Å². The molecule has 19 aromatic carbocycles. The molecular formula is C117H73N9. The summed E-state index contributed by atoms with van der Waals surface area (Å²) in [7, 11) is 0. The van der Waals surface area contributed by atoms with Gasteiger partial charge in [-0.1, -0.05) is 297 Å². The first-order chi connectivity index (χ1) is 62.5. The Morgan fingerprint density at radius 1 is 0.135 bits per heavy atom. The summed E-state index contributed by atoms with van der Waals surface area (Å²) in [5.41, 5.74) is 30.8. The van der Waals surface area contributed by atoms with Crippen molar-refractivity contribution in [1.29, 1.82) is 0 Å². The van der Waals surface area contributed by atoms with Crippen molar-refractivity contribution in [2.75, 3.05) is 0 Å². The number of hydrogen-bond donors (Lipinski definition) is 0. The SMILES string of the molecule is c1ccc(-c2cccc(-c3ccccc3)c2-c2nc(-n3c4cc(-c5ccc6c(c5)c5ccccc5n6-c5ccccc5)ccc4c4ccc(-c5ccc6c(c5)c5ccccc5n6-c5ccccc5)cc43)nc(-n3c4cc(-c5ccc6c(c5)c5ccccc5n6-c5ccccc5)ccc4c4ccc(-c5ccc6c(c5)c5ccccc5n6-c5ccccc5)cc43)n2)cc1. The van der Waals surface area contributed by atoms with Gasteiger partial charge < -0.3 is 18.3 Å². The number of benzene rings is 19. The number of hydrogen-bond acceptors (Lipinski definition) is 3. The highest BCUT2D eigenvalue weighted by Gasteiger charge is 2.28. The molecule has 26 aromatic rings. The molecule has 7 aromatic heterocycles. The summed E-state index contributed by atoms with van der Waals surface area (Å²) in [5, 5.41) is 13.6. The quantitative estimate of drug-likeness (QED) is 0.116. The molecule has 0 N–H and O–H groups in total. The van der Waals surface area contributed by atoms with Gasteiger partial charge in [-0.15, -0.1) is 0 Å². The predicted octanol–water partition coefficient (Wildman–Crippen LogP) is 30.1. The molecular weight excluding hydrogens is 1530 g/mol. The molecule has 0 aliphatic rings. The Balaban J connectivity index is 0.765. The molecule has 0 fully saturated rings. The highest BCUT2D eigenvalue weighted by molar-refractivity contribution is 6.18. The summed E-state index contributed by atoms with van der Waals surface area (Å²) in [5.74, 6) is 1.42. The summed E-state index contributed by atoms with van der Waals surface area (Å²) in [6.07, 6.45) is 0. The molecule has 0 amide bonds. The van der Waals surface area contributed by atoms with Crippen LogP contribution >= 0.6 is 0 Å². The van der Waals surface area contributed by atoms with Gasteiger partial charge in [0.25, 0.3) is 0 Å². The van der Waals surface area contributed by atoms with Gasteiger partial charge in [0.1, 0.15) is 0 Å². The van der Waals surface area contributed by atoms with Crippen molar-refractivity contribution in [3.8, 4) is 113 Å². The lowest BCUT2D eigenvalue weighted by Gasteiger charge is -2.18. The number of aromatic nitrogens is 9. The second-order valence-corrected chi connectivity index (χ2v) is 33.0. The van der Waals surface area contributed by atoms with Crippen LogP contribution < -0.4 is 0 Å². The topological polar surface area (TPSA) is 68.2 Å². The van der Waals surface area contributed by atoms with Crippen LogP contribution in [0.5, 0.6) is 0 Å². The normalized spacial score (nSPS) is 12.0. The lowest BCUT2D eigenvalue weighted by atomic mass is 9.91. The molecule has 126 heavy (non-hydrogen) atoms. The van der Waals surface area contributed by atoms with Crippen molar-refractivity contribution in [3.05, 3.63) is 443 Å². The van der Waals surface area contributed by atoms with Gasteiger partial charge >= 0.3 is 0 Å². The zero-order chi connectivity index (χ0) is 82.6. The molecule has 586 valence electrons. The molecule has 7 heterocycles. The Kier molecular flexibility index (Phi) is 15.9. The van der Waals surface area contributed by atoms with E-state index >= 15 is 0 Å². The second kappa shape index (κ2) is 28.3. The van der Waals surface area contributed by atoms with Crippen LogP contribution in [0.25, 0.3) is 244 Å². The summed E-state index contributed by atoms with van der Waals surface area (Å²) < 4.78 is 14.2. The van der Waals surface area contributed by atoms with E-state index in [1.54, 1.807) is 0 Å². The first-order valence-corrected chi connectivity index (χ1v) is 43.0. The fourth-order valence-electron chi connectivity index (χ4n) is 20.4. The fraction of sp³-hybridized carbons (Fsp3) is 0. The monoisotopic (exact) mass is 1600 g/mol. The standard InChI is InChI=1S/C117H73N9/c1-7-28-74(29-8-1)88-44-27-45-89(75-30-9-2-10-31-75)114(88)115-118-116(125-110-70-80(76-54-62-106-98(66-76)90-40-19-23-46-102(90)121(106)84-32-11-3-12-33-84)50-58-94(110)95-59-51-81(71-111(95)125)77-55-63-107-99(67-77)91-41-20-24-47-103(91)122(107)85-34-13-4-14-35-85)120-117(119-115)126-112-72-82(78-56-64-108-100(68-78)92-42-21-25-48-104(92)123(108)86-36-15-5-16-37-86)52-60-96(112)97-61-53-83(73-113(97)126)79-57-65-109-101(69-79)93-43-22-26-49-105(93)124(109)87-38-17-6-18-39-87/h1-73H. The molecule has 0 saturated heterocycles. The zero-order valence-electron chi connectivity index (χ0n) is 68.2. The summed E-state index contributed by atoms with van der Waals surface area (Å²) in [4.78, 5) is 18.4. The number of para-hydroxylation sites is 8. The molecule has 0 unspecified atom stereocenters. The van der Waals surface area contributed by atoms with E-state index in [4.69, 9.17) is 15.0 Å². The predicted molar refractivity (Wildman–Crippen MR) is 524 cm³/mol. The molecule has 0 atom stereocenters. The van der Waals surface area contributed by atoms with E-state index < -0.39 is 0 Å². The van der Waals surface area contributed by atoms with E-state index in [0.717, 1.165) is 183 Å². The smallest absolute Gasteiger partial charge is 0.240 e. The van der Waals surface area contributed by atoms with Gasteiger partial charge in [-0.2, -0.15) is 15.0 Å². The molecule has 0 aliphatic heterocycles. The van der Waals surface area contributed by atoms with Crippen LogP contribution in [0, 0.1) is 0 Å². The van der Waals surface area contributed by atoms with Crippen molar-refractivity contribution in [2.45, 2.75) is 0 Å². The maximum Gasteiger partial charge on any atom is 0.240 e. The van der Waals surface area contributed by atoms with Crippen molar-refractivity contribution in [1.82, 2.24) is 42.4 Å². The number of rotatable bonds is 13. The van der Waals surface area contributed by atoms with Gasteiger partial charge in [0.15, 0.2) is 5.82 Å². The van der Waals surface area contributed by atoms with Crippen LogP contribution in [0.3, 0.4) is 0 Å². The number of nitrogens with zero attached hydrogens (tertiary/aromatic N) is 9. The lowest BCUT2D eigenvalue weighted by Crippen LogP contribution is -2.11. The van der Waals surface area contributed by atoms with Gasteiger partial charge in [0.05, 0.1) is 66.2 Å². The minimum Gasteiger partial charge on any atom is -0.309 e. The van der Waals surface area contributed by atoms with E-state index in [2.05, 4.69) is 470 Å². The van der Waals surface area contributed by atoms with Gasteiger partial charge in [0, 0.05) is 92.9 Å². The third-order valence-electron chi connectivity index (χ3n) is 26.1. The Hall–Kier alpha value is -17.0. The van der Waals surface area contributed by atoms with E-state index in [0.29, 0.717) is 17.7 Å². The van der Waals surface area contributed by atoms with E-state index in [-0.39, 0.29) is 0 Å². The Bertz CT molecular complexity index is 8000. The average molecular weight is 1600 g/mol. The molecule has 26 rings (SSSR count). The highest BCUT2D eigenvalue weighted by atomic mass is 15.3. The van der Waals surface area contributed by atoms with Crippen LogP contribution in [0.1, 0.15) is 0 Å². The van der Waals surface area contributed by atoms with E-state index in [1.165, 1.54) is 43.1 Å². The second-order valence-electron chi connectivity index (χ2n) is 33.0. The minimum absolute atomic E-state index is 0.455. The largest absolute Gasteiger partial charge is 0.309 e. The summed E-state index contributed by atoms with van der Waals surface area (Å²) in [6.45, 7) is 0. The van der Waals surface area contributed by atoms with Crippen LogP contribution in [0.4, 0.5) is 0 Å². The molecule has 0 aliphatic carbocycles. The third-order valence-corrected chi connectivity index (χ3v) is 26.1. The van der Waals surface area contributed by atoms with E-state index in [9.17, 15) is 0 Å². The minimum atomic E-state index is 0.455. The fourth-order valence-corrected chi connectivity index (χ4v) is 20.4. The maximum atomic E-state index is 6.18. The number of fused-ring (bicyclic) bond motifs is 18. The summed E-state index contributed by atoms with van der Waals surface area (Å²) in [6, 6.07) is 162. The first-order valence-electron chi connectivity index (χ1n) is 43.0. The molecule has 9 nitrogen and oxygen atoms in total. The van der Waals surface area contributed by atoms with Gasteiger partial charge in [-0.25, -0.2) is 0 Å². The Morgan fingerprint density at radius 3 is 0.635 bits per heavy atom. The van der Waals surface area contributed by atoms with Crippen molar-refractivity contribution in [3.63, 3.8) is 0 Å². The molecule has 0 radical (unpaired) electrons. The first kappa shape index (κ1) is 70.8. The van der Waals surface area contributed by atoms with Gasteiger partial charge in [-0.3, -0.25) is 9.13 Å². The summed E-state index contributed by atoms with van der Waals surface area (Å²) >= 11 is 0. The lowest BCUT2D eigenvalue weighted by molar-refractivity contribution is 0.893. The van der Waals surface area contributed by atoms with Gasteiger partial charge in [0.2, 0.25) is 11.9 Å². The molecule has 9 heteroatoms. The molecule has 0 spiro atoms. The van der Waals surface area contributed by atoms with Crippen molar-refractivity contribution >= 4 is 131 Å². The van der Waals surface area contributed by atoms with Gasteiger partial charge in [-0.05, 0) is 212 Å². The van der Waals surface area contributed by atoms with E-state index in [1.807, 2.05) is 0 Å². The zero-order valence-corrected chi connectivity index (χ0v) is 68.2.